The van der Waals surface area contributed by atoms with E-state index in [0.29, 0.717) is 23.1 Å². The number of carbonyl (C=O) groups is 1. The molecule has 1 fully saturated rings. The smallest absolute Gasteiger partial charge is 0.226 e. The second-order valence-electron chi connectivity index (χ2n) is 5.97. The molecule has 1 aliphatic heterocycles. The first kappa shape index (κ1) is 15.7. The second kappa shape index (κ2) is 6.91. The molecule has 0 radical (unpaired) electrons. The molecule has 0 saturated carbocycles. The Morgan fingerprint density at radius 3 is 2.96 bits per heavy atom. The van der Waals surface area contributed by atoms with E-state index in [2.05, 4.69) is 22.5 Å². The zero-order chi connectivity index (χ0) is 16.2. The van der Waals surface area contributed by atoms with Crippen molar-refractivity contribution in [2.75, 3.05) is 13.1 Å². The van der Waals surface area contributed by atoms with E-state index >= 15 is 0 Å². The van der Waals surface area contributed by atoms with Crippen molar-refractivity contribution in [1.29, 1.82) is 0 Å². The minimum Gasteiger partial charge on any atom is -0.444 e. The van der Waals surface area contributed by atoms with Gasteiger partial charge in [-0.3, -0.25) is 4.79 Å². The average molecular weight is 317 g/mol. The highest BCUT2D eigenvalue weighted by Gasteiger charge is 2.23. The molecular formula is C17H20FN3O2. The van der Waals surface area contributed by atoms with Crippen LogP contribution >= 0.6 is 0 Å². The van der Waals surface area contributed by atoms with Crippen LogP contribution in [0.3, 0.4) is 0 Å². The van der Waals surface area contributed by atoms with Gasteiger partial charge in [-0.15, -0.1) is 0 Å². The lowest BCUT2D eigenvalue weighted by molar-refractivity contribution is -0.121. The molecular weight excluding hydrogens is 297 g/mol. The number of piperidine rings is 1. The lowest BCUT2D eigenvalue weighted by atomic mass is 9.95. The van der Waals surface area contributed by atoms with E-state index in [1.165, 1.54) is 18.4 Å². The summed E-state index contributed by atoms with van der Waals surface area (Å²) in [5.74, 6) is 0.446. The lowest BCUT2D eigenvalue weighted by Gasteiger charge is -2.30. The van der Waals surface area contributed by atoms with Crippen molar-refractivity contribution in [2.24, 2.45) is 5.92 Å². The van der Waals surface area contributed by atoms with Gasteiger partial charge in [0.1, 0.15) is 12.1 Å². The van der Waals surface area contributed by atoms with Crippen LogP contribution in [-0.2, 0) is 11.2 Å². The van der Waals surface area contributed by atoms with Crippen molar-refractivity contribution >= 4 is 5.91 Å². The van der Waals surface area contributed by atoms with E-state index < -0.39 is 0 Å². The number of halogens is 1. The number of nitrogens with zero attached hydrogens (tertiary/aromatic N) is 1. The molecule has 23 heavy (non-hydrogen) atoms. The van der Waals surface area contributed by atoms with Gasteiger partial charge in [0, 0.05) is 11.6 Å². The predicted molar refractivity (Wildman–Crippen MR) is 84.2 cm³/mol. The van der Waals surface area contributed by atoms with E-state index in [9.17, 15) is 9.18 Å². The van der Waals surface area contributed by atoms with Crippen molar-refractivity contribution in [1.82, 2.24) is 15.6 Å². The molecule has 1 aromatic carbocycles. The Balaban J connectivity index is 1.60. The number of benzene rings is 1. The quantitative estimate of drug-likeness (QED) is 0.906. The van der Waals surface area contributed by atoms with Crippen molar-refractivity contribution < 1.29 is 13.6 Å². The number of amides is 1. The highest BCUT2D eigenvalue weighted by molar-refractivity contribution is 5.78. The molecule has 0 aliphatic carbocycles. The predicted octanol–water partition coefficient (Wildman–Crippen LogP) is 2.14. The minimum atomic E-state index is -0.309. The Morgan fingerprint density at radius 2 is 2.22 bits per heavy atom. The van der Waals surface area contributed by atoms with Crippen molar-refractivity contribution in [3.05, 3.63) is 42.0 Å². The second-order valence-corrected chi connectivity index (χ2v) is 5.97. The molecule has 0 spiro atoms. The molecule has 2 unspecified atom stereocenters. The van der Waals surface area contributed by atoms with E-state index in [4.69, 9.17) is 4.42 Å². The fraction of sp³-hybridized carbons (Fsp3) is 0.412. The highest BCUT2D eigenvalue weighted by atomic mass is 19.1. The summed E-state index contributed by atoms with van der Waals surface area (Å²) >= 11 is 0. The van der Waals surface area contributed by atoms with Gasteiger partial charge >= 0.3 is 0 Å². The molecule has 5 nitrogen and oxygen atoms in total. The topological polar surface area (TPSA) is 67.2 Å². The minimum absolute atomic E-state index is 0.0530. The molecule has 1 saturated heterocycles. The molecule has 1 amide bonds. The van der Waals surface area contributed by atoms with E-state index in [0.717, 1.165) is 19.5 Å². The Kier molecular flexibility index (Phi) is 4.71. The molecule has 2 atom stereocenters. The fourth-order valence-electron chi connectivity index (χ4n) is 2.76. The van der Waals surface area contributed by atoms with Gasteiger partial charge < -0.3 is 15.1 Å². The van der Waals surface area contributed by atoms with Gasteiger partial charge in [0.2, 0.25) is 11.8 Å². The lowest BCUT2D eigenvalue weighted by Crippen LogP contribution is -2.48. The first-order chi connectivity index (χ1) is 11.1. The maximum atomic E-state index is 12.9. The molecule has 0 bridgehead atoms. The zero-order valence-corrected chi connectivity index (χ0v) is 13.0. The summed E-state index contributed by atoms with van der Waals surface area (Å²) < 4.78 is 18.3. The van der Waals surface area contributed by atoms with Crippen LogP contribution in [0.25, 0.3) is 11.5 Å². The summed E-state index contributed by atoms with van der Waals surface area (Å²) in [7, 11) is 0. The van der Waals surface area contributed by atoms with E-state index in [-0.39, 0.29) is 24.2 Å². The van der Waals surface area contributed by atoms with E-state index in [1.807, 2.05) is 0 Å². The standard InChI is InChI=1S/C17H20FN3O2/c1-11-9-19-7-6-15(11)21-16(22)8-14-10-23-17(20-14)12-2-4-13(18)5-3-12/h2-5,10-11,15,19H,6-9H2,1H3,(H,21,22). The van der Waals surface area contributed by atoms with Crippen LogP contribution in [0.2, 0.25) is 0 Å². The number of aromatic nitrogens is 1. The van der Waals surface area contributed by atoms with Crippen molar-refractivity contribution in [2.45, 2.75) is 25.8 Å². The fourth-order valence-corrected chi connectivity index (χ4v) is 2.76. The third kappa shape index (κ3) is 3.96. The molecule has 1 aliphatic rings. The monoisotopic (exact) mass is 317 g/mol. The molecule has 3 rings (SSSR count). The van der Waals surface area contributed by atoms with E-state index in [1.54, 1.807) is 12.1 Å². The summed E-state index contributed by atoms with van der Waals surface area (Å²) in [6.07, 6.45) is 2.60. The summed E-state index contributed by atoms with van der Waals surface area (Å²) in [6, 6.07) is 6.10. The largest absolute Gasteiger partial charge is 0.444 e. The summed E-state index contributed by atoms with van der Waals surface area (Å²) in [4.78, 5) is 16.5. The number of carbonyl (C=O) groups excluding carboxylic acids is 1. The molecule has 6 heteroatoms. The average Bonchev–Trinajstić information content (AvgIpc) is 2.98. The van der Waals surface area contributed by atoms with Gasteiger partial charge in [0.25, 0.3) is 0 Å². The Hall–Kier alpha value is -2.21. The van der Waals surface area contributed by atoms with Gasteiger partial charge in [0.05, 0.1) is 12.1 Å². The summed E-state index contributed by atoms with van der Waals surface area (Å²) in [5.41, 5.74) is 1.26. The van der Waals surface area contributed by atoms with Gasteiger partial charge in [-0.25, -0.2) is 9.37 Å². The molecule has 2 aromatic rings. The number of nitrogens with one attached hydrogen (secondary N) is 2. The van der Waals surface area contributed by atoms with Crippen LogP contribution in [0.15, 0.2) is 34.9 Å². The van der Waals surface area contributed by atoms with Crippen LogP contribution in [0.5, 0.6) is 0 Å². The van der Waals surface area contributed by atoms with Crippen LogP contribution in [0.4, 0.5) is 4.39 Å². The third-order valence-corrected chi connectivity index (χ3v) is 4.12. The SMILES string of the molecule is CC1CNCCC1NC(=O)Cc1coc(-c2ccc(F)cc2)n1. The van der Waals surface area contributed by atoms with Crippen molar-refractivity contribution in [3.8, 4) is 11.5 Å². The van der Waals surface area contributed by atoms with Crippen LogP contribution in [-0.4, -0.2) is 30.0 Å². The Labute approximate surface area is 134 Å². The van der Waals surface area contributed by atoms with Crippen LogP contribution in [0, 0.1) is 11.7 Å². The molecule has 2 heterocycles. The Bertz CT molecular complexity index is 669. The molecule has 1 aromatic heterocycles. The van der Waals surface area contributed by atoms with Gasteiger partial charge in [0.15, 0.2) is 0 Å². The number of hydrogen-bond acceptors (Lipinski definition) is 4. The summed E-state index contributed by atoms with van der Waals surface area (Å²) in [6.45, 7) is 3.97. The van der Waals surface area contributed by atoms with Crippen LogP contribution in [0.1, 0.15) is 19.0 Å². The van der Waals surface area contributed by atoms with Gasteiger partial charge in [-0.2, -0.15) is 0 Å². The zero-order valence-electron chi connectivity index (χ0n) is 13.0. The number of rotatable bonds is 4. The highest BCUT2D eigenvalue weighted by Crippen LogP contribution is 2.19. The maximum Gasteiger partial charge on any atom is 0.226 e. The third-order valence-electron chi connectivity index (χ3n) is 4.12. The van der Waals surface area contributed by atoms with Gasteiger partial charge in [-0.05, 0) is 49.7 Å². The number of oxazole rings is 1. The Morgan fingerprint density at radius 1 is 1.43 bits per heavy atom. The summed E-state index contributed by atoms with van der Waals surface area (Å²) in [5, 5.41) is 6.37. The van der Waals surface area contributed by atoms with Gasteiger partial charge in [-0.1, -0.05) is 6.92 Å². The van der Waals surface area contributed by atoms with Crippen molar-refractivity contribution in [3.63, 3.8) is 0 Å². The normalized spacial score (nSPS) is 21.1. The number of hydrogen-bond donors (Lipinski definition) is 2. The molecule has 122 valence electrons. The van der Waals surface area contributed by atoms with Crippen LogP contribution < -0.4 is 10.6 Å². The molecule has 2 N–H and O–H groups in total. The maximum absolute atomic E-state index is 12.9. The first-order valence-electron chi connectivity index (χ1n) is 7.82. The first-order valence-corrected chi connectivity index (χ1v) is 7.82.